The Bertz CT molecular complexity index is 917. The van der Waals surface area contributed by atoms with Crippen LogP contribution in [0.25, 0.3) is 11.3 Å². The van der Waals surface area contributed by atoms with E-state index in [0.717, 1.165) is 0 Å². The van der Waals surface area contributed by atoms with Crippen LogP contribution in [-0.2, 0) is 0 Å². The number of aromatic nitrogens is 4. The SMILES string of the molecule is CC(=C(F)F)[C@H]1C[C@@H]1c1cc(-c2c[nH]c(=O)[nH]c2=O)nnc1Cl. The van der Waals surface area contributed by atoms with Crippen LogP contribution in [0.3, 0.4) is 0 Å². The summed E-state index contributed by atoms with van der Waals surface area (Å²) in [6.07, 6.45) is 0.0725. The summed E-state index contributed by atoms with van der Waals surface area (Å²) >= 11 is 6.01. The lowest BCUT2D eigenvalue weighted by atomic mass is 10.1. The van der Waals surface area contributed by atoms with Gasteiger partial charge in [0.1, 0.15) is 5.69 Å². The number of nitrogens with zero attached hydrogens (tertiary/aromatic N) is 2. The molecular weight excluding hydrogens is 330 g/mol. The molecule has 9 heteroatoms. The number of nitrogens with one attached hydrogen (secondary N) is 2. The van der Waals surface area contributed by atoms with E-state index in [1.807, 2.05) is 0 Å². The van der Waals surface area contributed by atoms with Gasteiger partial charge in [-0.3, -0.25) is 9.78 Å². The lowest BCUT2D eigenvalue weighted by Crippen LogP contribution is -2.23. The standard InChI is InChI=1S/C14H11ClF2N4O2/c1-5(12(16)17)6-2-7(6)8-3-10(20-21-11(8)15)9-4-18-14(23)19-13(9)22/h3-4,6-7H,2H2,1H3,(H2,18,19,22,23)/t6-,7+/m1/s1. The Labute approximate surface area is 133 Å². The summed E-state index contributed by atoms with van der Waals surface area (Å²) in [4.78, 5) is 27.3. The van der Waals surface area contributed by atoms with Crippen LogP contribution in [0, 0.1) is 5.92 Å². The van der Waals surface area contributed by atoms with Crippen molar-refractivity contribution in [1.29, 1.82) is 0 Å². The van der Waals surface area contributed by atoms with Crippen molar-refractivity contribution in [2.75, 3.05) is 0 Å². The predicted octanol–water partition coefficient (Wildman–Crippen LogP) is 2.45. The summed E-state index contributed by atoms with van der Waals surface area (Å²) in [6.45, 7) is 1.38. The van der Waals surface area contributed by atoms with Crippen LogP contribution in [0.5, 0.6) is 0 Å². The normalized spacial score (nSPS) is 19.5. The first-order valence-corrected chi connectivity index (χ1v) is 7.13. The third-order valence-corrected chi connectivity index (χ3v) is 4.21. The summed E-state index contributed by atoms with van der Waals surface area (Å²) in [7, 11) is 0. The zero-order chi connectivity index (χ0) is 16.7. The van der Waals surface area contributed by atoms with E-state index in [-0.39, 0.29) is 33.8 Å². The Hall–Kier alpha value is -2.35. The molecule has 2 heterocycles. The third kappa shape index (κ3) is 2.94. The van der Waals surface area contributed by atoms with Gasteiger partial charge in [0.2, 0.25) is 0 Å². The number of hydrogen-bond donors (Lipinski definition) is 2. The average Bonchev–Trinajstić information content (AvgIpc) is 3.27. The van der Waals surface area contributed by atoms with E-state index in [9.17, 15) is 18.4 Å². The molecule has 0 amide bonds. The molecule has 2 atom stereocenters. The lowest BCUT2D eigenvalue weighted by molar-refractivity contribution is 0.406. The molecule has 0 radical (unpaired) electrons. The second-order valence-corrected chi connectivity index (χ2v) is 5.71. The van der Waals surface area contributed by atoms with Crippen molar-refractivity contribution in [2.24, 2.45) is 5.92 Å². The highest BCUT2D eigenvalue weighted by molar-refractivity contribution is 6.30. The van der Waals surface area contributed by atoms with Crippen LogP contribution in [0.15, 0.2) is 33.5 Å². The minimum atomic E-state index is -1.69. The average molecular weight is 341 g/mol. The van der Waals surface area contributed by atoms with Gasteiger partial charge in [0, 0.05) is 6.20 Å². The van der Waals surface area contributed by atoms with Crippen molar-refractivity contribution < 1.29 is 8.78 Å². The van der Waals surface area contributed by atoms with Crippen molar-refractivity contribution in [3.8, 4) is 11.3 Å². The van der Waals surface area contributed by atoms with E-state index >= 15 is 0 Å². The smallest absolute Gasteiger partial charge is 0.313 e. The van der Waals surface area contributed by atoms with E-state index in [2.05, 4.69) is 20.2 Å². The van der Waals surface area contributed by atoms with E-state index in [1.54, 1.807) is 6.07 Å². The maximum Gasteiger partial charge on any atom is 0.325 e. The Morgan fingerprint density at radius 3 is 2.74 bits per heavy atom. The topological polar surface area (TPSA) is 91.5 Å². The number of hydrogen-bond acceptors (Lipinski definition) is 4. The van der Waals surface area contributed by atoms with Crippen molar-refractivity contribution in [2.45, 2.75) is 19.3 Å². The van der Waals surface area contributed by atoms with Gasteiger partial charge in [0.25, 0.3) is 11.6 Å². The quantitative estimate of drug-likeness (QED) is 0.897. The first-order valence-electron chi connectivity index (χ1n) is 6.75. The third-order valence-electron chi connectivity index (χ3n) is 3.92. The van der Waals surface area contributed by atoms with Crippen LogP contribution >= 0.6 is 11.6 Å². The van der Waals surface area contributed by atoms with Crippen molar-refractivity contribution in [3.63, 3.8) is 0 Å². The molecule has 1 saturated carbocycles. The van der Waals surface area contributed by atoms with Gasteiger partial charge in [-0.2, -0.15) is 8.78 Å². The molecule has 0 aliphatic heterocycles. The monoisotopic (exact) mass is 340 g/mol. The molecule has 23 heavy (non-hydrogen) atoms. The van der Waals surface area contributed by atoms with E-state index in [1.165, 1.54) is 13.1 Å². The Kier molecular flexibility index (Phi) is 3.85. The van der Waals surface area contributed by atoms with Crippen LogP contribution in [0.1, 0.15) is 24.8 Å². The molecule has 1 aliphatic carbocycles. The van der Waals surface area contributed by atoms with Gasteiger partial charge in [-0.15, -0.1) is 10.2 Å². The zero-order valence-electron chi connectivity index (χ0n) is 11.9. The highest BCUT2D eigenvalue weighted by atomic mass is 35.5. The van der Waals surface area contributed by atoms with Gasteiger partial charge in [0.05, 0.1) is 5.56 Å². The molecule has 0 bridgehead atoms. The van der Waals surface area contributed by atoms with Crippen molar-refractivity contribution >= 4 is 11.6 Å². The number of halogens is 3. The largest absolute Gasteiger partial charge is 0.325 e. The summed E-state index contributed by atoms with van der Waals surface area (Å²) < 4.78 is 25.4. The molecule has 6 nitrogen and oxygen atoms in total. The highest BCUT2D eigenvalue weighted by Crippen LogP contribution is 2.54. The van der Waals surface area contributed by atoms with Crippen LogP contribution < -0.4 is 11.2 Å². The Morgan fingerprint density at radius 2 is 2.09 bits per heavy atom. The van der Waals surface area contributed by atoms with Gasteiger partial charge in [-0.25, -0.2) is 4.79 Å². The number of rotatable bonds is 3. The van der Waals surface area contributed by atoms with Crippen LogP contribution in [-0.4, -0.2) is 20.2 Å². The summed E-state index contributed by atoms with van der Waals surface area (Å²) in [5, 5.41) is 7.74. The number of allylic oxidation sites excluding steroid dienone is 1. The van der Waals surface area contributed by atoms with E-state index < -0.39 is 17.3 Å². The van der Waals surface area contributed by atoms with Gasteiger partial charge in [0.15, 0.2) is 5.15 Å². The summed E-state index contributed by atoms with van der Waals surface area (Å²) in [5.41, 5.74) is -0.317. The fraction of sp³-hybridized carbons (Fsp3) is 0.286. The second kappa shape index (κ2) is 5.69. The molecule has 2 aromatic heterocycles. The number of H-pyrrole nitrogens is 2. The highest BCUT2D eigenvalue weighted by Gasteiger charge is 2.42. The molecule has 0 spiro atoms. The van der Waals surface area contributed by atoms with Gasteiger partial charge in [-0.1, -0.05) is 11.6 Å². The Balaban J connectivity index is 2.00. The van der Waals surface area contributed by atoms with Crippen molar-refractivity contribution in [3.05, 3.63) is 55.5 Å². The molecular formula is C14H11ClF2N4O2. The van der Waals surface area contributed by atoms with Crippen LogP contribution in [0.4, 0.5) is 8.78 Å². The van der Waals surface area contributed by atoms with Gasteiger partial charge < -0.3 is 4.98 Å². The minimum Gasteiger partial charge on any atom is -0.313 e. The molecule has 1 aliphatic rings. The van der Waals surface area contributed by atoms with E-state index in [4.69, 9.17) is 11.6 Å². The number of aromatic amines is 2. The maximum absolute atomic E-state index is 12.7. The Morgan fingerprint density at radius 1 is 1.35 bits per heavy atom. The van der Waals surface area contributed by atoms with Gasteiger partial charge >= 0.3 is 5.69 Å². The first-order chi connectivity index (χ1) is 10.9. The van der Waals surface area contributed by atoms with Crippen molar-refractivity contribution in [1.82, 2.24) is 20.2 Å². The maximum atomic E-state index is 12.7. The van der Waals surface area contributed by atoms with E-state index in [0.29, 0.717) is 12.0 Å². The van der Waals surface area contributed by atoms with Gasteiger partial charge in [-0.05, 0) is 42.4 Å². The molecule has 0 aromatic carbocycles. The fourth-order valence-corrected chi connectivity index (χ4v) is 2.77. The molecule has 0 unspecified atom stereocenters. The molecule has 3 rings (SSSR count). The fourth-order valence-electron chi connectivity index (χ4n) is 2.54. The molecule has 2 N–H and O–H groups in total. The lowest BCUT2D eigenvalue weighted by Gasteiger charge is -2.05. The zero-order valence-corrected chi connectivity index (χ0v) is 12.6. The van der Waals surface area contributed by atoms with Crippen LogP contribution in [0.2, 0.25) is 5.15 Å². The summed E-state index contributed by atoms with van der Waals surface area (Å²) in [6, 6.07) is 1.55. The predicted molar refractivity (Wildman–Crippen MR) is 79.5 cm³/mol. The molecule has 0 saturated heterocycles. The molecule has 120 valence electrons. The second-order valence-electron chi connectivity index (χ2n) is 5.35. The first kappa shape index (κ1) is 15.5. The molecule has 2 aromatic rings. The minimum absolute atomic E-state index is 0.0336. The molecule has 1 fully saturated rings. The summed E-state index contributed by atoms with van der Waals surface area (Å²) in [5.74, 6) is -0.469.